The fourth-order valence-electron chi connectivity index (χ4n) is 3.93. The van der Waals surface area contributed by atoms with Gasteiger partial charge < -0.3 is 15.4 Å². The molecule has 2 aromatic carbocycles. The zero-order chi connectivity index (χ0) is 26.0. The molecular weight excluding hydrogens is 473 g/mol. The first-order valence-corrected chi connectivity index (χ1v) is 11.3. The number of nitrogens with one attached hydrogen (secondary N) is 3. The third-order valence-electron chi connectivity index (χ3n) is 5.27. The second kappa shape index (κ2) is 9.88. The molecule has 0 spiro atoms. The van der Waals surface area contributed by atoms with Crippen LogP contribution in [-0.4, -0.2) is 28.6 Å². The molecule has 0 saturated carbocycles. The fourth-order valence-corrected chi connectivity index (χ4v) is 3.93. The second-order valence-electron chi connectivity index (χ2n) is 9.53. The highest BCUT2D eigenvalue weighted by Gasteiger charge is 2.25. The molecule has 188 valence electrons. The monoisotopic (exact) mass is 498 g/mol. The van der Waals surface area contributed by atoms with Gasteiger partial charge in [-0.3, -0.25) is 10.1 Å². The van der Waals surface area contributed by atoms with Crippen molar-refractivity contribution in [2.75, 3.05) is 10.6 Å². The van der Waals surface area contributed by atoms with Gasteiger partial charge in [0.2, 0.25) is 0 Å². The molecule has 0 radical (unpaired) electrons. The van der Waals surface area contributed by atoms with Crippen molar-refractivity contribution < 1.29 is 27.5 Å². The van der Waals surface area contributed by atoms with Gasteiger partial charge in [-0.2, -0.15) is 0 Å². The van der Waals surface area contributed by atoms with E-state index < -0.39 is 29.2 Å². The number of pyridine rings is 1. The highest BCUT2D eigenvalue weighted by Crippen LogP contribution is 2.25. The lowest BCUT2D eigenvalue weighted by molar-refractivity contribution is 0.0635. The van der Waals surface area contributed by atoms with Crippen molar-refractivity contribution in [3.8, 4) is 0 Å². The Morgan fingerprint density at radius 1 is 0.889 bits per heavy atom. The second-order valence-corrected chi connectivity index (χ2v) is 9.53. The molecule has 0 fully saturated rings. The molecule has 7 nitrogen and oxygen atoms in total. The third-order valence-corrected chi connectivity index (χ3v) is 5.27. The average molecular weight is 499 g/mol. The van der Waals surface area contributed by atoms with Gasteiger partial charge in [0.25, 0.3) is 5.91 Å². The highest BCUT2D eigenvalue weighted by molar-refractivity contribution is 5.95. The van der Waals surface area contributed by atoms with E-state index in [1.807, 2.05) is 0 Å². The summed E-state index contributed by atoms with van der Waals surface area (Å²) in [5, 5.41) is 8.17. The van der Waals surface area contributed by atoms with Crippen LogP contribution in [0.25, 0.3) is 0 Å². The Hall–Kier alpha value is -4.08. The zero-order valence-electron chi connectivity index (χ0n) is 19.9. The molecule has 1 heterocycles. The SMILES string of the molecule is CC(C)(C)OC(=O)Nc1cc(Nc2cc(F)cc(F)c2)nc(C(=O)NC2Cc3ccc(F)cc3C2)c1. The van der Waals surface area contributed by atoms with Crippen molar-refractivity contribution in [3.63, 3.8) is 0 Å². The molecule has 1 aliphatic rings. The summed E-state index contributed by atoms with van der Waals surface area (Å²) in [5.41, 5.74) is 1.21. The molecular formula is C26H25F3N4O3. The molecule has 36 heavy (non-hydrogen) atoms. The van der Waals surface area contributed by atoms with Crippen LogP contribution in [0.5, 0.6) is 0 Å². The van der Waals surface area contributed by atoms with E-state index in [1.165, 1.54) is 24.3 Å². The number of hydrogen-bond acceptors (Lipinski definition) is 5. The van der Waals surface area contributed by atoms with Gasteiger partial charge in [0.15, 0.2) is 0 Å². The third kappa shape index (κ3) is 6.53. The van der Waals surface area contributed by atoms with Crippen LogP contribution < -0.4 is 16.0 Å². The molecule has 1 atom stereocenters. The van der Waals surface area contributed by atoms with E-state index in [-0.39, 0.29) is 34.7 Å². The zero-order valence-corrected chi connectivity index (χ0v) is 19.9. The maximum atomic E-state index is 13.7. The van der Waals surface area contributed by atoms with Crippen molar-refractivity contribution in [2.24, 2.45) is 0 Å². The van der Waals surface area contributed by atoms with Gasteiger partial charge in [0.05, 0.1) is 5.69 Å². The minimum absolute atomic E-state index is 0.0509. The Balaban J connectivity index is 1.57. The van der Waals surface area contributed by atoms with Gasteiger partial charge >= 0.3 is 6.09 Å². The van der Waals surface area contributed by atoms with Gasteiger partial charge in [-0.15, -0.1) is 0 Å². The maximum absolute atomic E-state index is 13.7. The van der Waals surface area contributed by atoms with Crippen LogP contribution >= 0.6 is 0 Å². The number of carbonyl (C=O) groups is 2. The lowest BCUT2D eigenvalue weighted by Crippen LogP contribution is -2.36. The Bertz CT molecular complexity index is 1300. The van der Waals surface area contributed by atoms with Gasteiger partial charge in [0.1, 0.15) is 34.6 Å². The fraction of sp³-hybridized carbons (Fsp3) is 0.269. The number of nitrogens with zero attached hydrogens (tertiary/aromatic N) is 1. The van der Waals surface area contributed by atoms with Crippen LogP contribution in [0.2, 0.25) is 0 Å². The predicted octanol–water partition coefficient (Wildman–Crippen LogP) is 5.49. The van der Waals surface area contributed by atoms with E-state index >= 15 is 0 Å². The molecule has 1 unspecified atom stereocenters. The Morgan fingerprint density at radius 3 is 2.28 bits per heavy atom. The molecule has 1 aliphatic carbocycles. The Morgan fingerprint density at radius 2 is 1.58 bits per heavy atom. The van der Waals surface area contributed by atoms with Crippen LogP contribution in [0.15, 0.2) is 48.5 Å². The summed E-state index contributed by atoms with van der Waals surface area (Å²) in [6, 6.07) is 9.86. The van der Waals surface area contributed by atoms with E-state index in [0.717, 1.165) is 29.3 Å². The molecule has 0 bridgehead atoms. The van der Waals surface area contributed by atoms with E-state index in [1.54, 1.807) is 26.8 Å². The van der Waals surface area contributed by atoms with Crippen molar-refractivity contribution >= 4 is 29.2 Å². The summed E-state index contributed by atoms with van der Waals surface area (Å²) >= 11 is 0. The van der Waals surface area contributed by atoms with Crippen LogP contribution in [0.1, 0.15) is 42.4 Å². The number of rotatable bonds is 5. The minimum atomic E-state index is -0.796. The number of amides is 2. The first-order valence-electron chi connectivity index (χ1n) is 11.3. The van der Waals surface area contributed by atoms with Crippen molar-refractivity contribution in [1.82, 2.24) is 10.3 Å². The molecule has 3 N–H and O–H groups in total. The van der Waals surface area contributed by atoms with Crippen LogP contribution in [-0.2, 0) is 17.6 Å². The number of halogens is 3. The summed E-state index contributed by atoms with van der Waals surface area (Å²) in [7, 11) is 0. The number of anilines is 3. The number of aromatic nitrogens is 1. The number of fused-ring (bicyclic) bond motifs is 1. The largest absolute Gasteiger partial charge is 0.444 e. The lowest BCUT2D eigenvalue weighted by atomic mass is 10.1. The van der Waals surface area contributed by atoms with Crippen molar-refractivity contribution in [2.45, 2.75) is 45.3 Å². The van der Waals surface area contributed by atoms with E-state index in [0.29, 0.717) is 12.8 Å². The normalized spacial score (nSPS) is 14.7. The molecule has 0 saturated heterocycles. The molecule has 1 aromatic heterocycles. The van der Waals surface area contributed by atoms with Crippen molar-refractivity contribution in [1.29, 1.82) is 0 Å². The number of carbonyl (C=O) groups excluding carboxylic acids is 2. The van der Waals surface area contributed by atoms with Gasteiger partial charge in [-0.05, 0) is 75.1 Å². The maximum Gasteiger partial charge on any atom is 0.412 e. The topological polar surface area (TPSA) is 92.3 Å². The van der Waals surface area contributed by atoms with Gasteiger partial charge in [0, 0.05) is 23.9 Å². The van der Waals surface area contributed by atoms with Gasteiger partial charge in [-0.1, -0.05) is 6.07 Å². The molecule has 0 aliphatic heterocycles. The molecule has 3 aromatic rings. The summed E-state index contributed by atoms with van der Waals surface area (Å²) in [6.45, 7) is 5.11. The summed E-state index contributed by atoms with van der Waals surface area (Å²) in [6.07, 6.45) is 0.240. The summed E-state index contributed by atoms with van der Waals surface area (Å²) < 4.78 is 46.1. The number of benzene rings is 2. The van der Waals surface area contributed by atoms with Crippen molar-refractivity contribution in [3.05, 3.63) is 82.8 Å². The summed E-state index contributed by atoms with van der Waals surface area (Å²) in [5.74, 6) is -2.40. The Labute approximate surface area is 206 Å². The predicted molar refractivity (Wildman–Crippen MR) is 129 cm³/mol. The van der Waals surface area contributed by atoms with Gasteiger partial charge in [-0.25, -0.2) is 22.9 Å². The molecule has 4 rings (SSSR count). The molecule has 2 amide bonds. The number of hydrogen-bond donors (Lipinski definition) is 3. The summed E-state index contributed by atoms with van der Waals surface area (Å²) in [4.78, 5) is 29.6. The van der Waals surface area contributed by atoms with Crippen LogP contribution in [0, 0.1) is 17.5 Å². The quantitative estimate of drug-likeness (QED) is 0.433. The van der Waals surface area contributed by atoms with Crippen LogP contribution in [0.4, 0.5) is 35.2 Å². The average Bonchev–Trinajstić information content (AvgIpc) is 3.12. The van der Waals surface area contributed by atoms with E-state index in [4.69, 9.17) is 4.74 Å². The van der Waals surface area contributed by atoms with E-state index in [2.05, 4.69) is 20.9 Å². The minimum Gasteiger partial charge on any atom is -0.444 e. The standard InChI is InChI=1S/C26H25F3N4O3/c1-26(2,3)36-25(35)32-21-12-22(33-23(13-21)30-20-10-17(28)9-18(29)11-20)24(34)31-19-7-14-4-5-16(27)6-15(14)8-19/h4-6,9-13,19H,7-8H2,1-3H3,(H,31,34)(H2,30,32,33,35). The first-order chi connectivity index (χ1) is 16.9. The lowest BCUT2D eigenvalue weighted by Gasteiger charge is -2.20. The molecule has 10 heteroatoms. The Kier molecular flexibility index (Phi) is 6.87. The van der Waals surface area contributed by atoms with E-state index in [9.17, 15) is 22.8 Å². The highest BCUT2D eigenvalue weighted by atomic mass is 19.1. The number of ether oxygens (including phenoxy) is 1. The first kappa shape index (κ1) is 25.0. The van der Waals surface area contributed by atoms with Crippen LogP contribution in [0.3, 0.4) is 0 Å². The smallest absolute Gasteiger partial charge is 0.412 e.